The molecule has 0 unspecified atom stereocenters. The van der Waals surface area contributed by atoms with E-state index < -0.39 is 5.60 Å². The van der Waals surface area contributed by atoms with Gasteiger partial charge in [-0.25, -0.2) is 9.97 Å². The first-order valence-corrected chi connectivity index (χ1v) is 12.8. The highest BCUT2D eigenvalue weighted by atomic mass is 16.5. The largest absolute Gasteiger partial charge is 0.490 e. The first-order valence-electron chi connectivity index (χ1n) is 12.8. The van der Waals surface area contributed by atoms with Crippen LogP contribution in [0.4, 0.5) is 11.6 Å². The van der Waals surface area contributed by atoms with Crippen molar-refractivity contribution in [1.82, 2.24) is 20.2 Å². The third kappa shape index (κ3) is 7.19. The van der Waals surface area contributed by atoms with Crippen LogP contribution in [0, 0.1) is 0 Å². The highest BCUT2D eigenvalue weighted by Crippen LogP contribution is 2.29. The van der Waals surface area contributed by atoms with Crippen molar-refractivity contribution in [1.29, 1.82) is 0 Å². The number of anilines is 2. The molecular weight excluding hydrogens is 460 g/mol. The maximum atomic E-state index is 11.2. The molecule has 10 heteroatoms. The lowest BCUT2D eigenvalue weighted by Crippen LogP contribution is -2.43. The van der Waals surface area contributed by atoms with Crippen LogP contribution in [-0.4, -0.2) is 105 Å². The summed E-state index contributed by atoms with van der Waals surface area (Å²) in [5, 5.41) is 14.6. The number of nitrogens with one attached hydrogen (secondary N) is 1. The smallest absolute Gasteiger partial charge is 0.161 e. The average Bonchev–Trinajstić information content (AvgIpc) is 3.28. The van der Waals surface area contributed by atoms with E-state index in [0.29, 0.717) is 39.3 Å². The van der Waals surface area contributed by atoms with Crippen molar-refractivity contribution >= 4 is 11.6 Å². The number of aromatic nitrogens is 2. The molecule has 0 amide bonds. The summed E-state index contributed by atoms with van der Waals surface area (Å²) in [4.78, 5) is 15.1. The Hall–Kier alpha value is -2.66. The van der Waals surface area contributed by atoms with Crippen molar-refractivity contribution in [3.8, 4) is 11.5 Å². The van der Waals surface area contributed by atoms with Crippen molar-refractivity contribution in [2.24, 2.45) is 0 Å². The molecule has 0 radical (unpaired) electrons. The molecule has 0 spiro atoms. The lowest BCUT2D eigenvalue weighted by molar-refractivity contribution is 0.0320. The van der Waals surface area contributed by atoms with Gasteiger partial charge in [-0.05, 0) is 31.0 Å². The maximum Gasteiger partial charge on any atom is 0.161 e. The van der Waals surface area contributed by atoms with Crippen LogP contribution in [0.1, 0.15) is 18.9 Å². The fourth-order valence-corrected chi connectivity index (χ4v) is 4.55. The van der Waals surface area contributed by atoms with E-state index in [-0.39, 0.29) is 0 Å². The summed E-state index contributed by atoms with van der Waals surface area (Å²) in [6.45, 7) is 9.94. The first kappa shape index (κ1) is 26.4. The summed E-state index contributed by atoms with van der Waals surface area (Å²) in [5.74, 6) is 3.22. The quantitative estimate of drug-likeness (QED) is 0.445. The van der Waals surface area contributed by atoms with Crippen LogP contribution in [0.25, 0.3) is 0 Å². The van der Waals surface area contributed by atoms with E-state index in [1.807, 2.05) is 50.2 Å². The van der Waals surface area contributed by atoms with E-state index in [2.05, 4.69) is 25.1 Å². The van der Waals surface area contributed by atoms with E-state index >= 15 is 0 Å². The van der Waals surface area contributed by atoms with E-state index in [4.69, 9.17) is 14.2 Å². The summed E-state index contributed by atoms with van der Waals surface area (Å²) < 4.78 is 17.3. The Morgan fingerprint density at radius 3 is 2.72 bits per heavy atom. The molecule has 0 bridgehead atoms. The van der Waals surface area contributed by atoms with Crippen LogP contribution in [0.3, 0.4) is 0 Å². The predicted molar refractivity (Wildman–Crippen MR) is 140 cm³/mol. The van der Waals surface area contributed by atoms with Crippen LogP contribution < -0.4 is 24.6 Å². The van der Waals surface area contributed by atoms with E-state index in [1.54, 1.807) is 6.33 Å². The Morgan fingerprint density at radius 2 is 1.94 bits per heavy atom. The fourth-order valence-electron chi connectivity index (χ4n) is 4.55. The topological polar surface area (TPSA) is 95.5 Å². The number of ether oxygens (including phenoxy) is 3. The summed E-state index contributed by atoms with van der Waals surface area (Å²) >= 11 is 0. The zero-order valence-corrected chi connectivity index (χ0v) is 21.8. The minimum atomic E-state index is -0.811. The van der Waals surface area contributed by atoms with Gasteiger partial charge in [0, 0.05) is 66.0 Å². The number of rotatable bonds is 12. The highest BCUT2D eigenvalue weighted by Gasteiger charge is 2.36. The van der Waals surface area contributed by atoms with Gasteiger partial charge in [0.25, 0.3) is 0 Å². The van der Waals surface area contributed by atoms with Gasteiger partial charge in [-0.15, -0.1) is 0 Å². The van der Waals surface area contributed by atoms with Crippen LogP contribution >= 0.6 is 0 Å². The minimum absolute atomic E-state index is 0.497. The van der Waals surface area contributed by atoms with Gasteiger partial charge in [0.2, 0.25) is 0 Å². The molecule has 198 valence electrons. The Bertz CT molecular complexity index is 971. The normalized spacial score (nSPS) is 20.5. The van der Waals surface area contributed by atoms with Crippen LogP contribution in [0.5, 0.6) is 11.5 Å². The molecule has 2 fully saturated rings. The van der Waals surface area contributed by atoms with Gasteiger partial charge in [0.15, 0.2) is 11.5 Å². The standard InChI is InChI=1S/C26H40N6O4/c1-4-35-23-15-21(5-6-22(23)36-14-11-31-9-12-34-13-10-31)17-27-18-26(33)7-8-32(19-26)25-16-24(30(2)3)28-20-29-25/h5-6,15-16,20,27,33H,4,7-14,17-19H2,1-3H3/t26-/m1/s1. The lowest BCUT2D eigenvalue weighted by atomic mass is 10.0. The van der Waals surface area contributed by atoms with Gasteiger partial charge in [0.05, 0.1) is 25.4 Å². The molecule has 2 saturated heterocycles. The molecule has 2 aliphatic heterocycles. The second-order valence-corrected chi connectivity index (χ2v) is 9.64. The summed E-state index contributed by atoms with van der Waals surface area (Å²) in [6.07, 6.45) is 2.26. The minimum Gasteiger partial charge on any atom is -0.490 e. The van der Waals surface area contributed by atoms with Gasteiger partial charge in [-0.2, -0.15) is 0 Å². The number of β-amino-alcohol motifs (C(OH)–C–C–N with tert-alkyl or cyclic N) is 1. The molecule has 0 aliphatic carbocycles. The predicted octanol–water partition coefficient (Wildman–Crippen LogP) is 1.38. The Balaban J connectivity index is 1.27. The van der Waals surface area contributed by atoms with Gasteiger partial charge in [-0.3, -0.25) is 4.90 Å². The van der Waals surface area contributed by atoms with Gasteiger partial charge < -0.3 is 34.4 Å². The fraction of sp³-hybridized carbons (Fsp3) is 0.615. The molecule has 4 rings (SSSR count). The molecule has 0 saturated carbocycles. The zero-order chi connectivity index (χ0) is 25.4. The number of aliphatic hydroxyl groups is 1. The molecular formula is C26H40N6O4. The highest BCUT2D eigenvalue weighted by molar-refractivity contribution is 5.50. The summed E-state index contributed by atoms with van der Waals surface area (Å²) in [7, 11) is 3.91. The number of benzene rings is 1. The first-order chi connectivity index (χ1) is 17.5. The average molecular weight is 501 g/mol. The van der Waals surface area contributed by atoms with Gasteiger partial charge >= 0.3 is 0 Å². The number of nitrogens with zero attached hydrogens (tertiary/aromatic N) is 5. The van der Waals surface area contributed by atoms with Crippen LogP contribution in [0.2, 0.25) is 0 Å². The third-order valence-corrected chi connectivity index (χ3v) is 6.61. The SMILES string of the molecule is CCOc1cc(CNC[C@]2(O)CCN(c3cc(N(C)C)ncn3)C2)ccc1OCCN1CCOCC1. The van der Waals surface area contributed by atoms with Crippen LogP contribution in [-0.2, 0) is 11.3 Å². The molecule has 2 aromatic rings. The Kier molecular flexibility index (Phi) is 9.19. The molecule has 1 aromatic carbocycles. The van der Waals surface area contributed by atoms with Crippen LogP contribution in [0.15, 0.2) is 30.6 Å². The Labute approximate surface area is 214 Å². The van der Waals surface area contributed by atoms with E-state index in [0.717, 1.165) is 68.1 Å². The lowest BCUT2D eigenvalue weighted by Gasteiger charge is -2.26. The van der Waals surface area contributed by atoms with Crippen molar-refractivity contribution in [2.45, 2.75) is 25.5 Å². The van der Waals surface area contributed by atoms with Crippen molar-refractivity contribution < 1.29 is 19.3 Å². The third-order valence-electron chi connectivity index (χ3n) is 6.61. The number of hydrogen-bond acceptors (Lipinski definition) is 10. The number of hydrogen-bond donors (Lipinski definition) is 2. The molecule has 2 aliphatic rings. The number of morpholine rings is 1. The molecule has 1 aromatic heterocycles. The Morgan fingerprint density at radius 1 is 1.11 bits per heavy atom. The maximum absolute atomic E-state index is 11.2. The van der Waals surface area contributed by atoms with Gasteiger partial charge in [0.1, 0.15) is 24.6 Å². The molecule has 2 N–H and O–H groups in total. The summed E-state index contributed by atoms with van der Waals surface area (Å²) in [6, 6.07) is 8.01. The monoisotopic (exact) mass is 500 g/mol. The second kappa shape index (κ2) is 12.5. The van der Waals surface area contributed by atoms with Crippen molar-refractivity contribution in [3.63, 3.8) is 0 Å². The molecule has 3 heterocycles. The van der Waals surface area contributed by atoms with Crippen molar-refractivity contribution in [2.75, 3.05) is 89.6 Å². The van der Waals surface area contributed by atoms with Gasteiger partial charge in [-0.1, -0.05) is 6.07 Å². The van der Waals surface area contributed by atoms with Crippen molar-refractivity contribution in [3.05, 3.63) is 36.2 Å². The van der Waals surface area contributed by atoms with E-state index in [1.165, 1.54) is 0 Å². The molecule has 1 atom stereocenters. The molecule has 10 nitrogen and oxygen atoms in total. The second-order valence-electron chi connectivity index (χ2n) is 9.64. The van der Waals surface area contributed by atoms with E-state index in [9.17, 15) is 5.11 Å². The zero-order valence-electron chi connectivity index (χ0n) is 21.8. The summed E-state index contributed by atoms with van der Waals surface area (Å²) in [5.41, 5.74) is 0.276. The molecule has 36 heavy (non-hydrogen) atoms.